The number of benzene rings is 1. The van der Waals surface area contributed by atoms with Crippen molar-refractivity contribution < 1.29 is 9.53 Å². The molecule has 25 heavy (non-hydrogen) atoms. The zero-order valence-electron chi connectivity index (χ0n) is 15.3. The molecule has 0 N–H and O–H groups in total. The van der Waals surface area contributed by atoms with Gasteiger partial charge in [0.25, 0.3) is 0 Å². The van der Waals surface area contributed by atoms with E-state index >= 15 is 0 Å². The number of aromatic nitrogens is 1. The summed E-state index contributed by atoms with van der Waals surface area (Å²) < 4.78 is 5.24. The first-order chi connectivity index (χ1) is 11.7. The highest BCUT2D eigenvalue weighted by atomic mass is 32.1. The molecule has 4 nitrogen and oxygen atoms in total. The van der Waals surface area contributed by atoms with E-state index in [1.807, 2.05) is 47.0 Å². The number of anilines is 1. The highest BCUT2D eigenvalue weighted by Crippen LogP contribution is 2.19. The highest BCUT2D eigenvalue weighted by Gasteiger charge is 2.13. The fraction of sp³-hybridized carbons (Fsp3) is 0.300. The van der Waals surface area contributed by atoms with E-state index in [0.717, 1.165) is 15.4 Å². The van der Waals surface area contributed by atoms with E-state index in [-0.39, 0.29) is 5.97 Å². The summed E-state index contributed by atoms with van der Waals surface area (Å²) >= 11 is 1.52. The van der Waals surface area contributed by atoms with Crippen LogP contribution in [0.15, 0.2) is 36.5 Å². The minimum atomic E-state index is -0.481. The van der Waals surface area contributed by atoms with Crippen LogP contribution in [0.25, 0.3) is 18.2 Å². The third kappa shape index (κ3) is 6.55. The van der Waals surface area contributed by atoms with Gasteiger partial charge in [-0.15, -0.1) is 11.3 Å². The fourth-order valence-electron chi connectivity index (χ4n) is 1.99. The molecular formula is C20H24N2O2S. The predicted molar refractivity (Wildman–Crippen MR) is 107 cm³/mol. The zero-order chi connectivity index (χ0) is 18.4. The molecule has 5 heteroatoms. The Balaban J connectivity index is 1.98. The van der Waals surface area contributed by atoms with E-state index in [4.69, 9.17) is 4.74 Å². The SMILES string of the molecule is CN(C)c1ccc(/C=C/c2ncc(/C=C/C(=O)OC(C)(C)C)s2)cc1. The molecule has 0 fully saturated rings. The molecule has 0 bridgehead atoms. The lowest BCUT2D eigenvalue weighted by molar-refractivity contribution is -0.148. The van der Waals surface area contributed by atoms with E-state index in [0.29, 0.717) is 0 Å². The minimum absolute atomic E-state index is 0.348. The second-order valence-corrected chi connectivity index (χ2v) is 7.88. The van der Waals surface area contributed by atoms with Gasteiger partial charge in [-0.3, -0.25) is 0 Å². The topological polar surface area (TPSA) is 42.4 Å². The molecule has 0 aliphatic heterocycles. The summed E-state index contributed by atoms with van der Waals surface area (Å²) in [6.45, 7) is 5.54. The van der Waals surface area contributed by atoms with Gasteiger partial charge in [-0.25, -0.2) is 9.78 Å². The van der Waals surface area contributed by atoms with Crippen LogP contribution in [-0.4, -0.2) is 30.6 Å². The molecule has 2 rings (SSSR count). The first kappa shape index (κ1) is 18.9. The number of carbonyl (C=O) groups is 1. The number of ether oxygens (including phenoxy) is 1. The molecule has 0 aliphatic carbocycles. The van der Waals surface area contributed by atoms with Crippen molar-refractivity contribution in [2.24, 2.45) is 0 Å². The number of rotatable bonds is 5. The lowest BCUT2D eigenvalue weighted by Crippen LogP contribution is -2.22. The van der Waals surface area contributed by atoms with Gasteiger partial charge in [-0.2, -0.15) is 0 Å². The van der Waals surface area contributed by atoms with E-state index in [9.17, 15) is 4.79 Å². The summed E-state index contributed by atoms with van der Waals surface area (Å²) in [5.41, 5.74) is 1.80. The lowest BCUT2D eigenvalue weighted by Gasteiger charge is -2.17. The summed E-state index contributed by atoms with van der Waals surface area (Å²) in [6.07, 6.45) is 8.92. The van der Waals surface area contributed by atoms with Gasteiger partial charge in [0.2, 0.25) is 0 Å². The van der Waals surface area contributed by atoms with Crippen LogP contribution in [0.3, 0.4) is 0 Å². The van der Waals surface area contributed by atoms with E-state index in [2.05, 4.69) is 34.1 Å². The van der Waals surface area contributed by atoms with E-state index < -0.39 is 5.60 Å². The molecule has 0 spiro atoms. The number of nitrogens with zero attached hydrogens (tertiary/aromatic N) is 2. The molecular weight excluding hydrogens is 332 g/mol. The highest BCUT2D eigenvalue weighted by molar-refractivity contribution is 7.13. The second kappa shape index (κ2) is 8.12. The Kier molecular flexibility index (Phi) is 6.15. The van der Waals surface area contributed by atoms with Gasteiger partial charge in [0.15, 0.2) is 0 Å². The molecule has 2 aromatic rings. The smallest absolute Gasteiger partial charge is 0.331 e. The maximum atomic E-state index is 11.7. The van der Waals surface area contributed by atoms with Gasteiger partial charge < -0.3 is 9.64 Å². The van der Waals surface area contributed by atoms with E-state index in [1.165, 1.54) is 23.1 Å². The van der Waals surface area contributed by atoms with E-state index in [1.54, 1.807) is 12.3 Å². The number of esters is 1. The number of thiazole rings is 1. The van der Waals surface area contributed by atoms with Gasteiger partial charge in [0.05, 0.1) is 0 Å². The van der Waals surface area contributed by atoms with Gasteiger partial charge in [-0.05, 0) is 50.6 Å². The van der Waals surface area contributed by atoms with Crippen molar-refractivity contribution in [3.05, 3.63) is 52.0 Å². The average Bonchev–Trinajstić information content (AvgIpc) is 2.98. The maximum Gasteiger partial charge on any atom is 0.331 e. The Hall–Kier alpha value is -2.40. The van der Waals surface area contributed by atoms with Crippen molar-refractivity contribution in [2.45, 2.75) is 26.4 Å². The molecule has 0 amide bonds. The summed E-state index contributed by atoms with van der Waals surface area (Å²) in [6, 6.07) is 8.30. The fourth-order valence-corrected chi connectivity index (χ4v) is 2.72. The quantitative estimate of drug-likeness (QED) is 0.573. The average molecular weight is 356 g/mol. The predicted octanol–water partition coefficient (Wildman–Crippen LogP) is 4.73. The van der Waals surface area contributed by atoms with Gasteiger partial charge in [-0.1, -0.05) is 18.2 Å². The first-order valence-corrected chi connectivity index (χ1v) is 8.87. The first-order valence-electron chi connectivity index (χ1n) is 8.05. The zero-order valence-corrected chi connectivity index (χ0v) is 16.1. The third-order valence-corrected chi connectivity index (χ3v) is 4.09. The molecule has 1 heterocycles. The Bertz CT molecular complexity index is 766. The molecule has 1 aromatic carbocycles. The Morgan fingerprint density at radius 1 is 1.12 bits per heavy atom. The molecule has 0 unspecified atom stereocenters. The Morgan fingerprint density at radius 3 is 2.40 bits per heavy atom. The van der Waals surface area contributed by atoms with Crippen LogP contribution < -0.4 is 4.90 Å². The third-order valence-electron chi connectivity index (χ3n) is 3.16. The Labute approximate surface area is 153 Å². The standard InChI is InChI=1S/C20H24N2O2S/c1-20(2,3)24-19(23)13-11-17-14-21-18(25-17)12-8-15-6-9-16(10-7-15)22(4)5/h6-14H,1-5H3/b12-8+,13-11+. The molecule has 0 saturated carbocycles. The summed E-state index contributed by atoms with van der Waals surface area (Å²) in [5, 5.41) is 0.889. The van der Waals surface area contributed by atoms with Crippen molar-refractivity contribution in [1.82, 2.24) is 4.98 Å². The minimum Gasteiger partial charge on any atom is -0.457 e. The number of carbonyl (C=O) groups excluding carboxylic acids is 1. The van der Waals surface area contributed by atoms with Crippen LogP contribution in [0, 0.1) is 0 Å². The summed E-state index contributed by atoms with van der Waals surface area (Å²) in [4.78, 5) is 19.0. The van der Waals surface area contributed by atoms with Crippen LogP contribution in [0.1, 0.15) is 36.2 Å². The normalized spacial score (nSPS) is 12.0. The van der Waals surface area contributed by atoms with Crippen molar-refractivity contribution in [3.63, 3.8) is 0 Å². The van der Waals surface area contributed by atoms with Crippen LogP contribution >= 0.6 is 11.3 Å². The lowest BCUT2D eigenvalue weighted by atomic mass is 10.2. The van der Waals surface area contributed by atoms with Crippen molar-refractivity contribution in [3.8, 4) is 0 Å². The summed E-state index contributed by atoms with van der Waals surface area (Å²) in [5.74, 6) is -0.348. The number of hydrogen-bond donors (Lipinski definition) is 0. The summed E-state index contributed by atoms with van der Waals surface area (Å²) in [7, 11) is 4.04. The van der Waals surface area contributed by atoms with Crippen molar-refractivity contribution in [1.29, 1.82) is 0 Å². The Morgan fingerprint density at radius 2 is 1.80 bits per heavy atom. The molecule has 1 aromatic heterocycles. The van der Waals surface area contributed by atoms with Crippen LogP contribution in [-0.2, 0) is 9.53 Å². The molecule has 0 aliphatic rings. The van der Waals surface area contributed by atoms with Gasteiger partial charge in [0, 0.05) is 36.9 Å². The molecule has 132 valence electrons. The van der Waals surface area contributed by atoms with Gasteiger partial charge >= 0.3 is 5.97 Å². The maximum absolute atomic E-state index is 11.7. The largest absolute Gasteiger partial charge is 0.457 e. The molecule has 0 saturated heterocycles. The molecule has 0 radical (unpaired) electrons. The molecule has 0 atom stereocenters. The number of hydrogen-bond acceptors (Lipinski definition) is 5. The monoisotopic (exact) mass is 356 g/mol. The van der Waals surface area contributed by atoms with Crippen LogP contribution in [0.2, 0.25) is 0 Å². The van der Waals surface area contributed by atoms with Gasteiger partial charge in [0.1, 0.15) is 10.6 Å². The van der Waals surface area contributed by atoms with Crippen molar-refractivity contribution in [2.75, 3.05) is 19.0 Å². The van der Waals surface area contributed by atoms with Crippen LogP contribution in [0.5, 0.6) is 0 Å². The van der Waals surface area contributed by atoms with Crippen LogP contribution in [0.4, 0.5) is 5.69 Å². The van der Waals surface area contributed by atoms with Crippen molar-refractivity contribution >= 4 is 41.2 Å². The second-order valence-electron chi connectivity index (χ2n) is 6.79.